The Bertz CT molecular complexity index is 982. The van der Waals surface area contributed by atoms with E-state index in [1.54, 1.807) is 19.2 Å². The van der Waals surface area contributed by atoms with Crippen molar-refractivity contribution < 1.29 is 19.2 Å². The van der Waals surface area contributed by atoms with Crippen LogP contribution in [0.3, 0.4) is 0 Å². The molecule has 0 spiro atoms. The SMILES string of the molecule is COc1ccccc1CNc1ccc(N2C(=O)[C@H]3CCCC[C@H]3C2=O)cc1[N+](=O)[O-]. The van der Waals surface area contributed by atoms with Crippen LogP contribution in [0.2, 0.25) is 0 Å². The van der Waals surface area contributed by atoms with Crippen LogP contribution in [-0.4, -0.2) is 23.8 Å². The van der Waals surface area contributed by atoms with Gasteiger partial charge in [0, 0.05) is 18.2 Å². The van der Waals surface area contributed by atoms with E-state index in [0.29, 0.717) is 30.8 Å². The number of hydrogen-bond donors (Lipinski definition) is 1. The first-order valence-corrected chi connectivity index (χ1v) is 10.0. The molecule has 4 rings (SSSR count). The van der Waals surface area contributed by atoms with Crippen LogP contribution >= 0.6 is 0 Å². The number of para-hydroxylation sites is 1. The van der Waals surface area contributed by atoms with E-state index in [4.69, 9.17) is 4.74 Å². The number of nitro benzene ring substituents is 1. The molecule has 1 N–H and O–H groups in total. The van der Waals surface area contributed by atoms with Gasteiger partial charge in [-0.25, -0.2) is 4.90 Å². The highest BCUT2D eigenvalue weighted by molar-refractivity contribution is 6.22. The average molecular weight is 409 g/mol. The summed E-state index contributed by atoms with van der Waals surface area (Å²) >= 11 is 0. The molecule has 1 saturated heterocycles. The number of anilines is 2. The topological polar surface area (TPSA) is 102 Å². The summed E-state index contributed by atoms with van der Waals surface area (Å²) < 4.78 is 5.31. The summed E-state index contributed by atoms with van der Waals surface area (Å²) in [6, 6.07) is 11.8. The fourth-order valence-electron chi connectivity index (χ4n) is 4.42. The summed E-state index contributed by atoms with van der Waals surface area (Å²) in [7, 11) is 1.57. The first-order valence-electron chi connectivity index (χ1n) is 10.0. The minimum atomic E-state index is -0.508. The molecule has 2 fully saturated rings. The maximum atomic E-state index is 12.8. The van der Waals surface area contributed by atoms with E-state index in [0.717, 1.165) is 23.3 Å². The number of fused-ring (bicyclic) bond motifs is 1. The van der Waals surface area contributed by atoms with Crippen LogP contribution in [0.25, 0.3) is 0 Å². The lowest BCUT2D eigenvalue weighted by molar-refractivity contribution is -0.383. The highest BCUT2D eigenvalue weighted by Gasteiger charge is 2.49. The second kappa shape index (κ2) is 8.14. The molecule has 0 aromatic heterocycles. The van der Waals surface area contributed by atoms with Gasteiger partial charge in [0.1, 0.15) is 11.4 Å². The Kier molecular flexibility index (Phi) is 5.39. The molecule has 1 aliphatic carbocycles. The van der Waals surface area contributed by atoms with Crippen molar-refractivity contribution in [2.45, 2.75) is 32.2 Å². The first-order chi connectivity index (χ1) is 14.5. The van der Waals surface area contributed by atoms with Crippen LogP contribution in [-0.2, 0) is 16.1 Å². The van der Waals surface area contributed by atoms with Crippen molar-refractivity contribution >= 4 is 28.9 Å². The van der Waals surface area contributed by atoms with Crippen molar-refractivity contribution in [1.29, 1.82) is 0 Å². The Morgan fingerprint density at radius 1 is 1.10 bits per heavy atom. The molecule has 8 heteroatoms. The summed E-state index contributed by atoms with van der Waals surface area (Å²) in [5, 5.41) is 14.8. The predicted octanol–water partition coefficient (Wildman–Crippen LogP) is 3.90. The van der Waals surface area contributed by atoms with E-state index in [1.807, 2.05) is 24.3 Å². The van der Waals surface area contributed by atoms with Gasteiger partial charge in [0.2, 0.25) is 11.8 Å². The Balaban J connectivity index is 1.60. The minimum absolute atomic E-state index is 0.183. The maximum absolute atomic E-state index is 12.8. The third-order valence-corrected chi connectivity index (χ3v) is 5.94. The standard InChI is InChI=1S/C22H23N3O5/c1-30-20-9-5-2-6-14(20)13-23-18-11-10-15(12-19(18)25(28)29)24-21(26)16-7-3-4-8-17(16)22(24)27/h2,5-6,9-12,16-17,23H,3-4,7-8,13H2,1H3/t16-,17+. The number of rotatable bonds is 6. The molecule has 8 nitrogen and oxygen atoms in total. The molecule has 0 radical (unpaired) electrons. The normalized spacial score (nSPS) is 20.8. The number of nitro groups is 1. The Morgan fingerprint density at radius 3 is 2.40 bits per heavy atom. The highest BCUT2D eigenvalue weighted by atomic mass is 16.6. The lowest BCUT2D eigenvalue weighted by Crippen LogP contribution is -2.30. The van der Waals surface area contributed by atoms with Gasteiger partial charge in [0.05, 0.1) is 29.6 Å². The molecule has 1 saturated carbocycles. The molecule has 0 unspecified atom stereocenters. The molecule has 2 aromatic carbocycles. The van der Waals surface area contributed by atoms with Gasteiger partial charge in [-0.3, -0.25) is 19.7 Å². The number of benzene rings is 2. The van der Waals surface area contributed by atoms with E-state index in [2.05, 4.69) is 5.32 Å². The largest absolute Gasteiger partial charge is 0.496 e. The Morgan fingerprint density at radius 2 is 1.77 bits per heavy atom. The fraction of sp³-hybridized carbons (Fsp3) is 0.364. The third-order valence-electron chi connectivity index (χ3n) is 5.94. The van der Waals surface area contributed by atoms with Gasteiger partial charge in [0.25, 0.3) is 5.69 Å². The molecule has 2 aromatic rings. The van der Waals surface area contributed by atoms with Crippen LogP contribution < -0.4 is 15.0 Å². The molecule has 30 heavy (non-hydrogen) atoms. The van der Waals surface area contributed by atoms with Crippen molar-refractivity contribution in [1.82, 2.24) is 0 Å². The summed E-state index contributed by atoms with van der Waals surface area (Å²) in [6.45, 7) is 0.329. The number of nitrogens with one attached hydrogen (secondary N) is 1. The van der Waals surface area contributed by atoms with E-state index in [-0.39, 0.29) is 35.0 Å². The highest BCUT2D eigenvalue weighted by Crippen LogP contribution is 2.41. The van der Waals surface area contributed by atoms with Crippen molar-refractivity contribution in [2.24, 2.45) is 11.8 Å². The number of nitrogens with zero attached hydrogens (tertiary/aromatic N) is 2. The zero-order valence-corrected chi connectivity index (χ0v) is 16.7. The Hall–Kier alpha value is -3.42. The third kappa shape index (κ3) is 3.49. The summed E-state index contributed by atoms with van der Waals surface area (Å²) in [4.78, 5) is 37.9. The molecule has 1 heterocycles. The number of carbonyl (C=O) groups is 2. The molecule has 156 valence electrons. The molecular weight excluding hydrogens is 386 g/mol. The van der Waals surface area contributed by atoms with E-state index < -0.39 is 4.92 Å². The predicted molar refractivity (Wildman–Crippen MR) is 111 cm³/mol. The smallest absolute Gasteiger partial charge is 0.294 e. The number of carbonyl (C=O) groups excluding carboxylic acids is 2. The molecule has 0 bridgehead atoms. The molecule has 2 amide bonds. The van der Waals surface area contributed by atoms with E-state index in [9.17, 15) is 19.7 Å². The van der Waals surface area contributed by atoms with E-state index >= 15 is 0 Å². The average Bonchev–Trinajstić information content (AvgIpc) is 3.02. The van der Waals surface area contributed by atoms with Crippen LogP contribution in [0.4, 0.5) is 17.1 Å². The van der Waals surface area contributed by atoms with Crippen molar-refractivity contribution in [2.75, 3.05) is 17.3 Å². The van der Waals surface area contributed by atoms with Gasteiger partial charge >= 0.3 is 0 Å². The van der Waals surface area contributed by atoms with E-state index in [1.165, 1.54) is 6.07 Å². The maximum Gasteiger partial charge on any atom is 0.294 e. The van der Waals surface area contributed by atoms with Crippen molar-refractivity contribution in [3.63, 3.8) is 0 Å². The summed E-state index contributed by atoms with van der Waals surface area (Å²) in [5.41, 5.74) is 1.24. The van der Waals surface area contributed by atoms with Gasteiger partial charge in [-0.05, 0) is 31.0 Å². The monoisotopic (exact) mass is 409 g/mol. The summed E-state index contributed by atoms with van der Waals surface area (Å²) in [5.74, 6) is -0.398. The van der Waals surface area contributed by atoms with Gasteiger partial charge < -0.3 is 10.1 Å². The van der Waals surface area contributed by atoms with Crippen LogP contribution in [0.1, 0.15) is 31.2 Å². The first kappa shape index (κ1) is 19.9. The minimum Gasteiger partial charge on any atom is -0.496 e. The second-order valence-corrected chi connectivity index (χ2v) is 7.63. The Labute approximate surface area is 174 Å². The molecule has 1 aliphatic heterocycles. The molecule has 2 atom stereocenters. The fourth-order valence-corrected chi connectivity index (χ4v) is 4.42. The van der Waals surface area contributed by atoms with Crippen LogP contribution in [0.15, 0.2) is 42.5 Å². The second-order valence-electron chi connectivity index (χ2n) is 7.63. The number of imide groups is 1. The van der Waals surface area contributed by atoms with Crippen molar-refractivity contribution in [3.8, 4) is 5.75 Å². The quantitative estimate of drug-likeness (QED) is 0.441. The van der Waals surface area contributed by atoms with Gasteiger partial charge in [0.15, 0.2) is 0 Å². The van der Waals surface area contributed by atoms with Crippen molar-refractivity contribution in [3.05, 3.63) is 58.1 Å². The number of methoxy groups -OCH3 is 1. The van der Waals surface area contributed by atoms with Crippen LogP contribution in [0, 0.1) is 22.0 Å². The number of hydrogen-bond acceptors (Lipinski definition) is 6. The van der Waals surface area contributed by atoms with Gasteiger partial charge in [-0.1, -0.05) is 31.0 Å². The molecular formula is C22H23N3O5. The lowest BCUT2D eigenvalue weighted by atomic mass is 9.81. The van der Waals surface area contributed by atoms with Gasteiger partial charge in [-0.2, -0.15) is 0 Å². The lowest BCUT2D eigenvalue weighted by Gasteiger charge is -2.19. The zero-order chi connectivity index (χ0) is 21.3. The zero-order valence-electron chi connectivity index (χ0n) is 16.7. The number of amides is 2. The number of ether oxygens (including phenoxy) is 1. The van der Waals surface area contributed by atoms with Crippen LogP contribution in [0.5, 0.6) is 5.75 Å². The molecule has 2 aliphatic rings. The van der Waals surface area contributed by atoms with Gasteiger partial charge in [-0.15, -0.1) is 0 Å². The summed E-state index contributed by atoms with van der Waals surface area (Å²) in [6.07, 6.45) is 3.26.